The predicted molar refractivity (Wildman–Crippen MR) is 61.5 cm³/mol. The largest absolute Gasteiger partial charge is 0.389 e. The van der Waals surface area contributed by atoms with Crippen molar-refractivity contribution in [2.24, 2.45) is 0 Å². The second kappa shape index (κ2) is 5.66. The molecule has 88 valence electrons. The van der Waals surface area contributed by atoms with Crippen molar-refractivity contribution in [3.05, 3.63) is 11.6 Å². The third-order valence-electron chi connectivity index (χ3n) is 2.69. The molecule has 1 rings (SSSR count). The van der Waals surface area contributed by atoms with Gasteiger partial charge in [-0.3, -0.25) is 0 Å². The zero-order valence-corrected chi connectivity index (χ0v) is 10.1. The van der Waals surface area contributed by atoms with Gasteiger partial charge < -0.3 is 5.11 Å². The van der Waals surface area contributed by atoms with Crippen molar-refractivity contribution < 1.29 is 13.5 Å². The number of aliphatic hydroxyl groups is 1. The molecule has 1 aliphatic carbocycles. The Kier molecular flexibility index (Phi) is 4.80. The van der Waals surface area contributed by atoms with E-state index in [1.807, 2.05) is 6.08 Å². The quantitative estimate of drug-likeness (QED) is 0.750. The summed E-state index contributed by atoms with van der Waals surface area (Å²) in [6.07, 6.45) is 8.38. The van der Waals surface area contributed by atoms with Gasteiger partial charge >= 0.3 is 0 Å². The molecule has 0 heterocycles. The summed E-state index contributed by atoms with van der Waals surface area (Å²) in [7, 11) is -2.84. The lowest BCUT2D eigenvalue weighted by atomic mass is 10.1. The SMILES string of the molecule is CS(=O)(=O)CCCC1=CC(O)CCCC1. The van der Waals surface area contributed by atoms with Crippen LogP contribution < -0.4 is 0 Å². The molecule has 0 aromatic carbocycles. The van der Waals surface area contributed by atoms with Crippen molar-refractivity contribution in [1.29, 1.82) is 0 Å². The first-order valence-corrected chi connectivity index (χ1v) is 7.59. The van der Waals surface area contributed by atoms with E-state index in [1.165, 1.54) is 11.8 Å². The van der Waals surface area contributed by atoms with Gasteiger partial charge in [-0.1, -0.05) is 18.1 Å². The maximum absolute atomic E-state index is 10.9. The Morgan fingerprint density at radius 2 is 2.20 bits per heavy atom. The average Bonchev–Trinajstić information content (AvgIpc) is 2.27. The van der Waals surface area contributed by atoms with Gasteiger partial charge in [0.05, 0.1) is 11.9 Å². The Balaban J connectivity index is 2.37. The van der Waals surface area contributed by atoms with Crippen LogP contribution in [0.1, 0.15) is 38.5 Å². The second-order valence-electron chi connectivity index (χ2n) is 4.37. The van der Waals surface area contributed by atoms with Crippen LogP contribution in [-0.4, -0.2) is 31.6 Å². The maximum atomic E-state index is 10.9. The monoisotopic (exact) mass is 232 g/mol. The highest BCUT2D eigenvalue weighted by atomic mass is 32.2. The highest BCUT2D eigenvalue weighted by Gasteiger charge is 2.10. The molecule has 0 aromatic heterocycles. The molecule has 0 fully saturated rings. The van der Waals surface area contributed by atoms with Crippen molar-refractivity contribution in [3.63, 3.8) is 0 Å². The molecule has 0 aromatic rings. The highest BCUT2D eigenvalue weighted by Crippen LogP contribution is 2.21. The van der Waals surface area contributed by atoms with Gasteiger partial charge in [-0.05, 0) is 32.1 Å². The first-order chi connectivity index (χ1) is 6.97. The van der Waals surface area contributed by atoms with E-state index in [0.29, 0.717) is 6.42 Å². The Hall–Kier alpha value is -0.350. The summed E-state index contributed by atoms with van der Waals surface area (Å²) < 4.78 is 21.9. The fourth-order valence-corrected chi connectivity index (χ4v) is 2.58. The number of hydrogen-bond acceptors (Lipinski definition) is 3. The van der Waals surface area contributed by atoms with Gasteiger partial charge in [-0.25, -0.2) is 8.42 Å². The molecule has 0 saturated heterocycles. The van der Waals surface area contributed by atoms with E-state index in [0.717, 1.165) is 32.1 Å². The van der Waals surface area contributed by atoms with Gasteiger partial charge in [0.1, 0.15) is 9.84 Å². The molecule has 15 heavy (non-hydrogen) atoms. The van der Waals surface area contributed by atoms with Gasteiger partial charge in [0.15, 0.2) is 0 Å². The first kappa shape index (κ1) is 12.7. The smallest absolute Gasteiger partial charge is 0.147 e. The van der Waals surface area contributed by atoms with Gasteiger partial charge in [-0.2, -0.15) is 0 Å². The number of allylic oxidation sites excluding steroid dienone is 1. The number of hydrogen-bond donors (Lipinski definition) is 1. The van der Waals surface area contributed by atoms with E-state index in [9.17, 15) is 13.5 Å². The summed E-state index contributed by atoms with van der Waals surface area (Å²) in [6.45, 7) is 0. The topological polar surface area (TPSA) is 54.4 Å². The van der Waals surface area contributed by atoms with Crippen LogP contribution in [0.4, 0.5) is 0 Å². The van der Waals surface area contributed by atoms with Gasteiger partial charge in [0.2, 0.25) is 0 Å². The van der Waals surface area contributed by atoms with Gasteiger partial charge in [0.25, 0.3) is 0 Å². The van der Waals surface area contributed by atoms with Crippen LogP contribution in [0.25, 0.3) is 0 Å². The maximum Gasteiger partial charge on any atom is 0.147 e. The van der Waals surface area contributed by atoms with E-state index < -0.39 is 9.84 Å². The first-order valence-electron chi connectivity index (χ1n) is 5.53. The molecule has 3 nitrogen and oxygen atoms in total. The minimum absolute atomic E-state index is 0.250. The molecule has 1 unspecified atom stereocenters. The molecule has 1 aliphatic rings. The molecule has 0 aliphatic heterocycles. The van der Waals surface area contributed by atoms with E-state index in [2.05, 4.69) is 0 Å². The third kappa shape index (κ3) is 5.95. The van der Waals surface area contributed by atoms with Crippen LogP contribution in [0.5, 0.6) is 0 Å². The fourth-order valence-electron chi connectivity index (χ4n) is 1.91. The molecule has 0 spiro atoms. The lowest BCUT2D eigenvalue weighted by molar-refractivity contribution is 0.211. The van der Waals surface area contributed by atoms with Crippen molar-refractivity contribution in [3.8, 4) is 0 Å². The molecular formula is C11H20O3S. The zero-order chi connectivity index (χ0) is 11.3. The lowest BCUT2D eigenvalue weighted by Crippen LogP contribution is -2.04. The van der Waals surface area contributed by atoms with Crippen LogP contribution in [0.3, 0.4) is 0 Å². The van der Waals surface area contributed by atoms with Crippen LogP contribution in [0.2, 0.25) is 0 Å². The molecule has 0 saturated carbocycles. The summed E-state index contributed by atoms with van der Waals surface area (Å²) in [5.74, 6) is 0.250. The molecule has 1 atom stereocenters. The fraction of sp³-hybridized carbons (Fsp3) is 0.818. The summed E-state index contributed by atoms with van der Waals surface area (Å²) in [4.78, 5) is 0. The van der Waals surface area contributed by atoms with Crippen molar-refractivity contribution >= 4 is 9.84 Å². The number of aliphatic hydroxyl groups excluding tert-OH is 1. The number of sulfone groups is 1. The summed E-state index contributed by atoms with van der Waals surface area (Å²) in [5, 5.41) is 9.52. The highest BCUT2D eigenvalue weighted by molar-refractivity contribution is 7.90. The van der Waals surface area contributed by atoms with Crippen LogP contribution in [0.15, 0.2) is 11.6 Å². The summed E-state index contributed by atoms with van der Waals surface area (Å²) in [6, 6.07) is 0. The molecule has 0 bridgehead atoms. The molecule has 0 radical (unpaired) electrons. The second-order valence-corrected chi connectivity index (χ2v) is 6.63. The van der Waals surface area contributed by atoms with E-state index >= 15 is 0 Å². The standard InChI is InChI=1S/C11H20O3S/c1-15(13,14)8-4-6-10-5-2-3-7-11(12)9-10/h9,11-12H,2-8H2,1H3. The Bertz CT molecular complexity index is 317. The van der Waals surface area contributed by atoms with E-state index in [4.69, 9.17) is 0 Å². The minimum atomic E-state index is -2.84. The average molecular weight is 232 g/mol. The normalized spacial score (nSPS) is 23.3. The van der Waals surface area contributed by atoms with E-state index in [1.54, 1.807) is 0 Å². The predicted octanol–water partition coefficient (Wildman–Crippen LogP) is 1.67. The Labute approximate surface area is 92.1 Å². The number of rotatable bonds is 4. The van der Waals surface area contributed by atoms with Crippen LogP contribution >= 0.6 is 0 Å². The lowest BCUT2D eigenvalue weighted by Gasteiger charge is -2.05. The summed E-state index contributed by atoms with van der Waals surface area (Å²) in [5.41, 5.74) is 1.23. The van der Waals surface area contributed by atoms with Gasteiger partial charge in [-0.15, -0.1) is 0 Å². The minimum Gasteiger partial charge on any atom is -0.389 e. The van der Waals surface area contributed by atoms with Crippen molar-refractivity contribution in [1.82, 2.24) is 0 Å². The van der Waals surface area contributed by atoms with Crippen LogP contribution in [0, 0.1) is 0 Å². The van der Waals surface area contributed by atoms with Crippen molar-refractivity contribution in [2.75, 3.05) is 12.0 Å². The molecule has 0 amide bonds. The molecule has 4 heteroatoms. The van der Waals surface area contributed by atoms with Gasteiger partial charge in [0, 0.05) is 6.26 Å². The van der Waals surface area contributed by atoms with Crippen LogP contribution in [-0.2, 0) is 9.84 Å². The van der Waals surface area contributed by atoms with E-state index in [-0.39, 0.29) is 11.9 Å². The Morgan fingerprint density at radius 1 is 1.47 bits per heavy atom. The molecule has 1 N–H and O–H groups in total. The third-order valence-corrected chi connectivity index (χ3v) is 3.72. The zero-order valence-electron chi connectivity index (χ0n) is 9.28. The van der Waals surface area contributed by atoms with Crippen molar-refractivity contribution in [2.45, 2.75) is 44.6 Å². The summed E-state index contributed by atoms with van der Waals surface area (Å²) >= 11 is 0. The molecular weight excluding hydrogens is 212 g/mol. The Morgan fingerprint density at radius 3 is 2.87 bits per heavy atom.